The average molecular weight is 419 g/mol. The number of likely N-dealkylation sites (tertiary alicyclic amines) is 1. The number of amides is 1. The first kappa shape index (κ1) is 24.2. The zero-order valence-electron chi connectivity index (χ0n) is 18.8. The molecule has 0 spiro atoms. The largest absolute Gasteiger partial charge is 0.385 e. The number of guanidine groups is 1. The van der Waals surface area contributed by atoms with Crippen molar-refractivity contribution in [1.82, 2.24) is 15.5 Å². The van der Waals surface area contributed by atoms with Crippen molar-refractivity contribution in [3.8, 4) is 0 Å². The maximum atomic E-state index is 12.2. The third-order valence-electron chi connectivity index (χ3n) is 5.06. The van der Waals surface area contributed by atoms with E-state index in [0.29, 0.717) is 24.8 Å². The third-order valence-corrected chi connectivity index (χ3v) is 5.06. The van der Waals surface area contributed by atoms with Crippen molar-refractivity contribution in [2.75, 3.05) is 46.5 Å². The lowest BCUT2D eigenvalue weighted by molar-refractivity contribution is 0.00990. The van der Waals surface area contributed by atoms with Crippen molar-refractivity contribution < 1.29 is 14.3 Å². The minimum Gasteiger partial charge on any atom is -0.385 e. The van der Waals surface area contributed by atoms with Crippen LogP contribution in [-0.4, -0.2) is 69.4 Å². The Labute approximate surface area is 181 Å². The van der Waals surface area contributed by atoms with Crippen molar-refractivity contribution in [3.63, 3.8) is 0 Å². The highest BCUT2D eigenvalue weighted by atomic mass is 16.5. The first-order chi connectivity index (χ1) is 14.7. The highest BCUT2D eigenvalue weighted by Crippen LogP contribution is 2.15. The maximum Gasteiger partial charge on any atom is 0.251 e. The predicted molar refractivity (Wildman–Crippen MR) is 121 cm³/mol. The second-order valence-corrected chi connectivity index (χ2v) is 7.53. The van der Waals surface area contributed by atoms with Crippen LogP contribution in [0.25, 0.3) is 0 Å². The van der Waals surface area contributed by atoms with Crippen molar-refractivity contribution in [1.29, 1.82) is 0 Å². The summed E-state index contributed by atoms with van der Waals surface area (Å²) in [5, 5.41) is 6.33. The Balaban J connectivity index is 1.90. The molecule has 0 aromatic heterocycles. The molecule has 0 aliphatic carbocycles. The lowest BCUT2D eigenvalue weighted by atomic mass is 10.1. The van der Waals surface area contributed by atoms with Gasteiger partial charge in [-0.1, -0.05) is 19.1 Å². The van der Waals surface area contributed by atoms with Gasteiger partial charge in [-0.25, -0.2) is 4.99 Å². The number of hydrogen-bond donors (Lipinski definition) is 2. The van der Waals surface area contributed by atoms with Gasteiger partial charge in [-0.3, -0.25) is 4.79 Å². The topological polar surface area (TPSA) is 75.2 Å². The fourth-order valence-electron chi connectivity index (χ4n) is 3.43. The van der Waals surface area contributed by atoms with Gasteiger partial charge >= 0.3 is 0 Å². The molecule has 1 amide bonds. The zero-order valence-corrected chi connectivity index (χ0v) is 18.8. The van der Waals surface area contributed by atoms with Crippen LogP contribution in [0.4, 0.5) is 0 Å². The first-order valence-electron chi connectivity index (χ1n) is 11.2. The molecule has 0 atom stereocenters. The van der Waals surface area contributed by atoms with Gasteiger partial charge < -0.3 is 25.0 Å². The average Bonchev–Trinajstić information content (AvgIpc) is 2.78. The number of ether oxygens (including phenoxy) is 2. The van der Waals surface area contributed by atoms with E-state index in [1.54, 1.807) is 7.11 Å². The van der Waals surface area contributed by atoms with E-state index in [1.165, 1.54) is 0 Å². The first-order valence-corrected chi connectivity index (χ1v) is 11.2. The summed E-state index contributed by atoms with van der Waals surface area (Å²) >= 11 is 0. The lowest BCUT2D eigenvalue weighted by Gasteiger charge is -2.34. The van der Waals surface area contributed by atoms with E-state index < -0.39 is 0 Å². The standard InChI is InChI=1S/C23H38N4O3/c1-4-12-25-22(28)20-9-6-8-19(17-20)18-26-23(24-5-2)27-13-10-21(11-14-27)30-16-7-15-29-3/h6,8-9,17,21H,4-5,7,10-16,18H2,1-3H3,(H,24,26)(H,25,28). The van der Waals surface area contributed by atoms with Crippen LogP contribution in [0.15, 0.2) is 29.3 Å². The van der Waals surface area contributed by atoms with Crippen LogP contribution in [0.5, 0.6) is 0 Å². The Hall–Kier alpha value is -2.12. The summed E-state index contributed by atoms with van der Waals surface area (Å²) in [5.74, 6) is 0.901. The van der Waals surface area contributed by atoms with Crippen molar-refractivity contribution in [3.05, 3.63) is 35.4 Å². The molecule has 30 heavy (non-hydrogen) atoms. The summed E-state index contributed by atoms with van der Waals surface area (Å²) in [5.41, 5.74) is 1.72. The number of benzene rings is 1. The second-order valence-electron chi connectivity index (χ2n) is 7.53. The molecule has 2 rings (SSSR count). The molecule has 0 bridgehead atoms. The van der Waals surface area contributed by atoms with E-state index in [9.17, 15) is 4.79 Å². The molecule has 1 heterocycles. The third kappa shape index (κ3) is 8.32. The molecule has 168 valence electrons. The number of hydrogen-bond acceptors (Lipinski definition) is 4. The highest BCUT2D eigenvalue weighted by Gasteiger charge is 2.21. The summed E-state index contributed by atoms with van der Waals surface area (Å²) in [6, 6.07) is 7.72. The van der Waals surface area contributed by atoms with Crippen LogP contribution in [0.3, 0.4) is 0 Å². The summed E-state index contributed by atoms with van der Waals surface area (Å²) in [6.07, 6.45) is 4.20. The van der Waals surface area contributed by atoms with Gasteiger partial charge in [0, 0.05) is 52.1 Å². The normalized spacial score (nSPS) is 15.3. The van der Waals surface area contributed by atoms with Gasteiger partial charge in [0.05, 0.1) is 12.6 Å². The van der Waals surface area contributed by atoms with E-state index in [1.807, 2.05) is 31.2 Å². The highest BCUT2D eigenvalue weighted by molar-refractivity contribution is 5.94. The molecular weight excluding hydrogens is 380 g/mol. The molecule has 1 fully saturated rings. The van der Waals surface area contributed by atoms with E-state index >= 15 is 0 Å². The number of methoxy groups -OCH3 is 1. The van der Waals surface area contributed by atoms with Crippen molar-refractivity contribution >= 4 is 11.9 Å². The zero-order chi connectivity index (χ0) is 21.6. The lowest BCUT2D eigenvalue weighted by Crippen LogP contribution is -2.47. The molecule has 1 saturated heterocycles. The summed E-state index contributed by atoms with van der Waals surface area (Å²) < 4.78 is 11.0. The van der Waals surface area contributed by atoms with Crippen molar-refractivity contribution in [2.24, 2.45) is 4.99 Å². The molecule has 0 radical (unpaired) electrons. The second kappa shape index (κ2) is 14.0. The van der Waals surface area contributed by atoms with Crippen LogP contribution < -0.4 is 10.6 Å². The summed E-state index contributed by atoms with van der Waals surface area (Å²) in [4.78, 5) is 19.3. The van der Waals surface area contributed by atoms with Gasteiger partial charge in [0.2, 0.25) is 0 Å². The van der Waals surface area contributed by atoms with Crippen LogP contribution in [0.2, 0.25) is 0 Å². The quantitative estimate of drug-likeness (QED) is 0.328. The fourth-order valence-corrected chi connectivity index (χ4v) is 3.43. The molecule has 1 aromatic carbocycles. The Morgan fingerprint density at radius 1 is 1.20 bits per heavy atom. The number of rotatable bonds is 11. The van der Waals surface area contributed by atoms with Crippen molar-refractivity contribution in [2.45, 2.75) is 52.2 Å². The predicted octanol–water partition coefficient (Wildman–Crippen LogP) is 2.81. The Bertz CT molecular complexity index is 658. The number of carbonyl (C=O) groups is 1. The monoisotopic (exact) mass is 418 g/mol. The molecule has 2 N–H and O–H groups in total. The van der Waals surface area contributed by atoms with Gasteiger partial charge in [-0.15, -0.1) is 0 Å². The molecule has 0 unspecified atom stereocenters. The van der Waals surface area contributed by atoms with E-state index in [2.05, 4.69) is 22.5 Å². The van der Waals surface area contributed by atoms with Gasteiger partial charge in [0.15, 0.2) is 5.96 Å². The van der Waals surface area contributed by atoms with E-state index in [4.69, 9.17) is 14.5 Å². The Kier molecular flexibility index (Phi) is 11.3. The molecule has 1 aromatic rings. The molecule has 7 heteroatoms. The minimum atomic E-state index is -0.0258. The Morgan fingerprint density at radius 2 is 2.00 bits per heavy atom. The number of carbonyl (C=O) groups excluding carboxylic acids is 1. The molecule has 1 aliphatic rings. The van der Waals surface area contributed by atoms with E-state index in [0.717, 1.165) is 70.1 Å². The number of nitrogens with zero attached hydrogens (tertiary/aromatic N) is 2. The number of nitrogens with one attached hydrogen (secondary N) is 2. The van der Waals surface area contributed by atoms with Crippen LogP contribution in [0, 0.1) is 0 Å². The molecule has 0 saturated carbocycles. The number of aliphatic imine (C=N–C) groups is 1. The van der Waals surface area contributed by atoms with Gasteiger partial charge in [-0.2, -0.15) is 0 Å². The number of piperidine rings is 1. The van der Waals surface area contributed by atoms with Crippen LogP contribution in [0.1, 0.15) is 55.5 Å². The maximum absolute atomic E-state index is 12.2. The van der Waals surface area contributed by atoms with Crippen LogP contribution >= 0.6 is 0 Å². The van der Waals surface area contributed by atoms with Gasteiger partial charge in [0.1, 0.15) is 0 Å². The summed E-state index contributed by atoms with van der Waals surface area (Å²) in [6.45, 7) is 9.56. The van der Waals surface area contributed by atoms with Crippen LogP contribution in [-0.2, 0) is 16.0 Å². The SMILES string of the molecule is CCCNC(=O)c1cccc(CN=C(NCC)N2CCC(OCCCOC)CC2)c1. The Morgan fingerprint density at radius 3 is 2.70 bits per heavy atom. The fraction of sp³-hybridized carbons (Fsp3) is 0.652. The summed E-state index contributed by atoms with van der Waals surface area (Å²) in [7, 11) is 1.72. The van der Waals surface area contributed by atoms with E-state index in [-0.39, 0.29) is 5.91 Å². The molecular formula is C23H38N4O3. The smallest absolute Gasteiger partial charge is 0.251 e. The minimum absolute atomic E-state index is 0.0258. The van der Waals surface area contributed by atoms with Gasteiger partial charge in [-0.05, 0) is 50.3 Å². The molecule has 7 nitrogen and oxygen atoms in total. The molecule has 1 aliphatic heterocycles. The van der Waals surface area contributed by atoms with Gasteiger partial charge in [0.25, 0.3) is 5.91 Å².